The first kappa shape index (κ1) is 17.8. The molecule has 0 radical (unpaired) electrons. The number of nitro benzene ring substituents is 1. The predicted octanol–water partition coefficient (Wildman–Crippen LogP) is 2.52. The molecular formula is C16H22N2O4. The lowest BCUT2D eigenvalue weighted by molar-refractivity contribution is -0.384. The van der Waals surface area contributed by atoms with E-state index in [1.807, 2.05) is 13.8 Å². The number of nitrogens with one attached hydrogen (secondary N) is 1. The minimum absolute atomic E-state index is 0.00916. The van der Waals surface area contributed by atoms with Crippen molar-refractivity contribution >= 4 is 17.7 Å². The van der Waals surface area contributed by atoms with E-state index in [4.69, 9.17) is 0 Å². The highest BCUT2D eigenvalue weighted by Gasteiger charge is 2.15. The first-order valence-electron chi connectivity index (χ1n) is 7.36. The van der Waals surface area contributed by atoms with Gasteiger partial charge >= 0.3 is 0 Å². The van der Waals surface area contributed by atoms with Crippen molar-refractivity contribution in [3.05, 3.63) is 46.0 Å². The highest BCUT2D eigenvalue weighted by molar-refractivity contribution is 5.91. The number of amides is 1. The van der Waals surface area contributed by atoms with Gasteiger partial charge in [-0.3, -0.25) is 14.9 Å². The SMILES string of the molecule is CCC(CC)C(O)CNC(=O)/C=C/c1ccc([N+](=O)[O-])cc1. The van der Waals surface area contributed by atoms with Crippen LogP contribution in [0.15, 0.2) is 30.3 Å². The molecule has 0 fully saturated rings. The number of nitrogens with zero attached hydrogens (tertiary/aromatic N) is 1. The van der Waals surface area contributed by atoms with Gasteiger partial charge in [0.2, 0.25) is 5.91 Å². The third-order valence-electron chi connectivity index (χ3n) is 3.61. The molecule has 1 rings (SSSR count). The molecule has 0 saturated carbocycles. The van der Waals surface area contributed by atoms with E-state index in [1.165, 1.54) is 18.2 Å². The highest BCUT2D eigenvalue weighted by Crippen LogP contribution is 2.13. The molecule has 2 N–H and O–H groups in total. The molecule has 0 saturated heterocycles. The average Bonchev–Trinajstić information content (AvgIpc) is 2.52. The van der Waals surface area contributed by atoms with Crippen LogP contribution in [0.4, 0.5) is 5.69 Å². The molecule has 22 heavy (non-hydrogen) atoms. The van der Waals surface area contributed by atoms with Crippen LogP contribution < -0.4 is 5.32 Å². The van der Waals surface area contributed by atoms with Crippen LogP contribution >= 0.6 is 0 Å². The number of aliphatic hydroxyl groups excluding tert-OH is 1. The normalized spacial score (nSPS) is 12.5. The zero-order chi connectivity index (χ0) is 16.5. The van der Waals surface area contributed by atoms with Gasteiger partial charge in [0.1, 0.15) is 0 Å². The van der Waals surface area contributed by atoms with Crippen molar-refractivity contribution < 1.29 is 14.8 Å². The molecule has 1 atom stereocenters. The second kappa shape index (κ2) is 8.94. The Bertz CT molecular complexity index is 521. The highest BCUT2D eigenvalue weighted by atomic mass is 16.6. The molecule has 0 bridgehead atoms. The van der Waals surface area contributed by atoms with Gasteiger partial charge in [-0.15, -0.1) is 0 Å². The van der Waals surface area contributed by atoms with Crippen molar-refractivity contribution in [2.75, 3.05) is 6.54 Å². The van der Waals surface area contributed by atoms with Crippen LogP contribution in [-0.2, 0) is 4.79 Å². The lowest BCUT2D eigenvalue weighted by atomic mass is 9.96. The van der Waals surface area contributed by atoms with Crippen molar-refractivity contribution in [2.45, 2.75) is 32.8 Å². The number of aliphatic hydroxyl groups is 1. The summed E-state index contributed by atoms with van der Waals surface area (Å²) >= 11 is 0. The van der Waals surface area contributed by atoms with Crippen LogP contribution in [0.3, 0.4) is 0 Å². The number of carbonyl (C=O) groups excluding carboxylic acids is 1. The molecule has 0 heterocycles. The fourth-order valence-electron chi connectivity index (χ4n) is 2.14. The molecular weight excluding hydrogens is 284 g/mol. The molecule has 0 aromatic heterocycles. The zero-order valence-corrected chi connectivity index (χ0v) is 12.9. The molecule has 1 unspecified atom stereocenters. The van der Waals surface area contributed by atoms with Crippen molar-refractivity contribution in [2.24, 2.45) is 5.92 Å². The molecule has 120 valence electrons. The minimum Gasteiger partial charge on any atom is -0.391 e. The molecule has 0 spiro atoms. The van der Waals surface area contributed by atoms with Crippen molar-refractivity contribution in [1.29, 1.82) is 0 Å². The largest absolute Gasteiger partial charge is 0.391 e. The summed E-state index contributed by atoms with van der Waals surface area (Å²) in [6, 6.07) is 5.91. The Labute approximate surface area is 130 Å². The van der Waals surface area contributed by atoms with E-state index in [2.05, 4.69) is 5.32 Å². The van der Waals surface area contributed by atoms with Crippen LogP contribution in [0, 0.1) is 16.0 Å². The van der Waals surface area contributed by atoms with Gasteiger partial charge < -0.3 is 10.4 Å². The Balaban J connectivity index is 2.49. The number of nitro groups is 1. The summed E-state index contributed by atoms with van der Waals surface area (Å²) in [7, 11) is 0. The van der Waals surface area contributed by atoms with Crippen LogP contribution in [0.1, 0.15) is 32.3 Å². The number of non-ortho nitro benzene ring substituents is 1. The summed E-state index contributed by atoms with van der Waals surface area (Å²) in [6.45, 7) is 4.23. The molecule has 0 aliphatic rings. The third kappa shape index (κ3) is 5.65. The number of carbonyl (C=O) groups is 1. The summed E-state index contributed by atoms with van der Waals surface area (Å²) in [6.07, 6.45) is 4.11. The molecule has 6 heteroatoms. The topological polar surface area (TPSA) is 92.5 Å². The first-order chi connectivity index (χ1) is 10.5. The number of rotatable bonds is 8. The summed E-state index contributed by atoms with van der Waals surface area (Å²) in [5.41, 5.74) is 0.705. The van der Waals surface area contributed by atoms with Gasteiger partial charge in [0.05, 0.1) is 11.0 Å². The van der Waals surface area contributed by atoms with E-state index in [9.17, 15) is 20.0 Å². The molecule has 6 nitrogen and oxygen atoms in total. The van der Waals surface area contributed by atoms with Gasteiger partial charge in [-0.1, -0.05) is 26.7 Å². The summed E-state index contributed by atoms with van der Waals surface area (Å²) in [5, 5.41) is 23.1. The molecule has 1 aromatic rings. The van der Waals surface area contributed by atoms with Crippen LogP contribution in [0.5, 0.6) is 0 Å². The lowest BCUT2D eigenvalue weighted by Crippen LogP contribution is -2.35. The maximum atomic E-state index is 11.7. The van der Waals surface area contributed by atoms with Gasteiger partial charge in [-0.25, -0.2) is 0 Å². The second-order valence-electron chi connectivity index (χ2n) is 5.07. The van der Waals surface area contributed by atoms with E-state index in [0.717, 1.165) is 12.8 Å². The number of hydrogen-bond acceptors (Lipinski definition) is 4. The van der Waals surface area contributed by atoms with Crippen LogP contribution in [0.2, 0.25) is 0 Å². The number of hydrogen-bond donors (Lipinski definition) is 2. The standard InChI is InChI=1S/C16H22N2O4/c1-3-13(4-2)15(19)11-17-16(20)10-7-12-5-8-14(9-6-12)18(21)22/h5-10,13,15,19H,3-4,11H2,1-2H3,(H,17,20)/b10-7+. The second-order valence-corrected chi connectivity index (χ2v) is 5.07. The third-order valence-corrected chi connectivity index (χ3v) is 3.61. The fraction of sp³-hybridized carbons (Fsp3) is 0.438. The molecule has 1 amide bonds. The zero-order valence-electron chi connectivity index (χ0n) is 12.9. The first-order valence-corrected chi connectivity index (χ1v) is 7.36. The van der Waals surface area contributed by atoms with E-state index >= 15 is 0 Å². The Hall–Kier alpha value is -2.21. The van der Waals surface area contributed by atoms with Crippen molar-refractivity contribution in [3.8, 4) is 0 Å². The molecule has 0 aliphatic heterocycles. The average molecular weight is 306 g/mol. The minimum atomic E-state index is -0.549. The Kier molecular flexibility index (Phi) is 7.25. The monoisotopic (exact) mass is 306 g/mol. The van der Waals surface area contributed by atoms with Gasteiger partial charge in [0.15, 0.2) is 0 Å². The van der Waals surface area contributed by atoms with Gasteiger partial charge in [0, 0.05) is 24.8 Å². The maximum absolute atomic E-state index is 11.7. The molecule has 0 aliphatic carbocycles. The van der Waals surface area contributed by atoms with Gasteiger partial charge in [-0.05, 0) is 29.7 Å². The fourth-order valence-corrected chi connectivity index (χ4v) is 2.14. The quantitative estimate of drug-likeness (QED) is 0.438. The van der Waals surface area contributed by atoms with E-state index in [1.54, 1.807) is 18.2 Å². The van der Waals surface area contributed by atoms with E-state index in [-0.39, 0.29) is 24.1 Å². The summed E-state index contributed by atoms with van der Waals surface area (Å²) < 4.78 is 0. The number of benzene rings is 1. The smallest absolute Gasteiger partial charge is 0.269 e. The predicted molar refractivity (Wildman–Crippen MR) is 85.2 cm³/mol. The maximum Gasteiger partial charge on any atom is 0.269 e. The Morgan fingerprint density at radius 2 is 1.91 bits per heavy atom. The summed E-state index contributed by atoms with van der Waals surface area (Å²) in [5.74, 6) is -0.123. The Morgan fingerprint density at radius 1 is 1.32 bits per heavy atom. The van der Waals surface area contributed by atoms with Crippen molar-refractivity contribution in [3.63, 3.8) is 0 Å². The molecule has 1 aromatic carbocycles. The summed E-state index contributed by atoms with van der Waals surface area (Å²) in [4.78, 5) is 21.7. The Morgan fingerprint density at radius 3 is 2.41 bits per heavy atom. The van der Waals surface area contributed by atoms with E-state index in [0.29, 0.717) is 5.56 Å². The van der Waals surface area contributed by atoms with Crippen LogP contribution in [-0.4, -0.2) is 28.6 Å². The van der Waals surface area contributed by atoms with Gasteiger partial charge in [0.25, 0.3) is 5.69 Å². The van der Waals surface area contributed by atoms with Crippen molar-refractivity contribution in [1.82, 2.24) is 5.32 Å². The van der Waals surface area contributed by atoms with Crippen LogP contribution in [0.25, 0.3) is 6.08 Å². The van der Waals surface area contributed by atoms with Gasteiger partial charge in [-0.2, -0.15) is 0 Å². The lowest BCUT2D eigenvalue weighted by Gasteiger charge is -2.19. The van der Waals surface area contributed by atoms with E-state index < -0.39 is 11.0 Å².